The molecular weight excluding hydrogens is 266 g/mol. The molecule has 2 rings (SSSR count). The van der Waals surface area contributed by atoms with Crippen LogP contribution in [0, 0.1) is 13.8 Å². The molecule has 0 amide bonds. The summed E-state index contributed by atoms with van der Waals surface area (Å²) < 4.78 is 11.5. The second-order valence-electron chi connectivity index (χ2n) is 5.98. The molecule has 1 fully saturated rings. The van der Waals surface area contributed by atoms with Gasteiger partial charge >= 0.3 is 0 Å². The van der Waals surface area contributed by atoms with E-state index < -0.39 is 0 Å². The minimum absolute atomic E-state index is 0.0475. The van der Waals surface area contributed by atoms with Crippen LogP contribution in [-0.4, -0.2) is 55.1 Å². The number of aryl methyl sites for hydroxylation is 2. The van der Waals surface area contributed by atoms with E-state index in [2.05, 4.69) is 43.9 Å². The molecule has 0 bridgehead atoms. The van der Waals surface area contributed by atoms with Crippen LogP contribution >= 0.6 is 0 Å². The van der Waals surface area contributed by atoms with Crippen molar-refractivity contribution in [2.45, 2.75) is 39.4 Å². The molecule has 118 valence electrons. The number of aliphatic hydroxyl groups excluding tert-OH is 1. The van der Waals surface area contributed by atoms with Gasteiger partial charge in [0.05, 0.1) is 25.4 Å². The maximum atomic E-state index is 9.23. The van der Waals surface area contributed by atoms with Gasteiger partial charge in [-0.25, -0.2) is 0 Å². The van der Waals surface area contributed by atoms with Crippen molar-refractivity contribution in [2.75, 3.05) is 32.8 Å². The summed E-state index contributed by atoms with van der Waals surface area (Å²) in [6.07, 6.45) is 1.13. The number of hydrogen-bond donors (Lipinski definition) is 1. The van der Waals surface area contributed by atoms with Gasteiger partial charge < -0.3 is 14.6 Å². The van der Waals surface area contributed by atoms with Crippen LogP contribution in [-0.2, 0) is 4.74 Å². The largest absolute Gasteiger partial charge is 0.493 e. The van der Waals surface area contributed by atoms with Gasteiger partial charge in [-0.1, -0.05) is 12.1 Å². The van der Waals surface area contributed by atoms with Crippen molar-refractivity contribution in [1.29, 1.82) is 0 Å². The third kappa shape index (κ3) is 4.99. The van der Waals surface area contributed by atoms with E-state index in [1.807, 2.05) is 0 Å². The van der Waals surface area contributed by atoms with Crippen molar-refractivity contribution in [3.8, 4) is 5.75 Å². The Morgan fingerprint density at radius 1 is 1.33 bits per heavy atom. The van der Waals surface area contributed by atoms with Crippen molar-refractivity contribution in [3.05, 3.63) is 29.3 Å². The Morgan fingerprint density at radius 3 is 2.90 bits per heavy atom. The van der Waals surface area contributed by atoms with Gasteiger partial charge in [0.15, 0.2) is 0 Å². The summed E-state index contributed by atoms with van der Waals surface area (Å²) >= 11 is 0. The molecule has 4 nitrogen and oxygen atoms in total. The average molecular weight is 293 g/mol. The van der Waals surface area contributed by atoms with Crippen LogP contribution in [0.2, 0.25) is 0 Å². The monoisotopic (exact) mass is 293 g/mol. The summed E-state index contributed by atoms with van der Waals surface area (Å²) in [5.41, 5.74) is 2.41. The molecule has 0 aliphatic carbocycles. The van der Waals surface area contributed by atoms with Gasteiger partial charge in [-0.15, -0.1) is 0 Å². The zero-order valence-corrected chi connectivity index (χ0v) is 13.3. The molecule has 1 aromatic carbocycles. The van der Waals surface area contributed by atoms with Gasteiger partial charge in [-0.3, -0.25) is 4.90 Å². The fourth-order valence-corrected chi connectivity index (χ4v) is 2.76. The Bertz CT molecular complexity index is 450. The molecule has 4 heteroatoms. The van der Waals surface area contributed by atoms with Crippen molar-refractivity contribution < 1.29 is 14.6 Å². The molecule has 0 aromatic heterocycles. The summed E-state index contributed by atoms with van der Waals surface area (Å²) in [5, 5.41) is 9.23. The van der Waals surface area contributed by atoms with E-state index in [0.717, 1.165) is 38.4 Å². The molecule has 1 N–H and O–H groups in total. The van der Waals surface area contributed by atoms with E-state index in [9.17, 15) is 5.11 Å². The number of ether oxygens (including phenoxy) is 2. The van der Waals surface area contributed by atoms with E-state index >= 15 is 0 Å². The predicted octanol–water partition coefficient (Wildman–Crippen LogP) is 2.15. The molecule has 1 aromatic rings. The molecule has 0 spiro atoms. The number of morpholine rings is 1. The van der Waals surface area contributed by atoms with Crippen molar-refractivity contribution in [2.24, 2.45) is 0 Å². The van der Waals surface area contributed by atoms with E-state index in [-0.39, 0.29) is 18.8 Å². The molecule has 1 saturated heterocycles. The van der Waals surface area contributed by atoms with Gasteiger partial charge in [0.1, 0.15) is 5.75 Å². The van der Waals surface area contributed by atoms with Gasteiger partial charge in [-0.2, -0.15) is 0 Å². The maximum Gasteiger partial charge on any atom is 0.122 e. The first-order chi connectivity index (χ1) is 10.1. The summed E-state index contributed by atoms with van der Waals surface area (Å²) in [5.74, 6) is 0.985. The lowest BCUT2D eigenvalue weighted by molar-refractivity contribution is -0.0955. The molecule has 21 heavy (non-hydrogen) atoms. The van der Waals surface area contributed by atoms with Crippen LogP contribution in [0.15, 0.2) is 18.2 Å². The molecule has 1 aliphatic heterocycles. The van der Waals surface area contributed by atoms with Crippen LogP contribution < -0.4 is 4.74 Å². The average Bonchev–Trinajstić information content (AvgIpc) is 2.46. The molecule has 1 aliphatic rings. The van der Waals surface area contributed by atoms with Crippen LogP contribution in [0.25, 0.3) is 0 Å². The fraction of sp³-hybridized carbons (Fsp3) is 0.647. The van der Waals surface area contributed by atoms with Crippen molar-refractivity contribution in [3.63, 3.8) is 0 Å². The van der Waals surface area contributed by atoms with E-state index in [1.165, 1.54) is 11.1 Å². The van der Waals surface area contributed by atoms with Gasteiger partial charge in [0, 0.05) is 19.6 Å². The fourth-order valence-electron chi connectivity index (χ4n) is 2.76. The Kier molecular flexibility index (Phi) is 6.03. The molecule has 2 atom stereocenters. The summed E-state index contributed by atoms with van der Waals surface area (Å²) in [6, 6.07) is 6.29. The Hall–Kier alpha value is -1.10. The first-order valence-corrected chi connectivity index (χ1v) is 7.77. The highest BCUT2D eigenvalue weighted by molar-refractivity contribution is 5.35. The standard InChI is InChI=1S/C17H27NO3/c1-13-5-6-14(2)17(9-13)20-8-4-7-18-10-15(3)21-16(11-18)12-19/h5-6,9,15-16,19H,4,7-8,10-12H2,1-3H3. The lowest BCUT2D eigenvalue weighted by Crippen LogP contribution is -2.48. The topological polar surface area (TPSA) is 41.9 Å². The highest BCUT2D eigenvalue weighted by atomic mass is 16.5. The minimum Gasteiger partial charge on any atom is -0.493 e. The third-order valence-electron chi connectivity index (χ3n) is 3.83. The van der Waals surface area contributed by atoms with Crippen LogP contribution in [0.3, 0.4) is 0 Å². The van der Waals surface area contributed by atoms with Crippen molar-refractivity contribution >= 4 is 0 Å². The molecular formula is C17H27NO3. The Labute approximate surface area is 127 Å². The number of rotatable bonds is 6. The van der Waals surface area contributed by atoms with E-state index in [4.69, 9.17) is 9.47 Å². The van der Waals surface area contributed by atoms with Crippen LogP contribution in [0.1, 0.15) is 24.5 Å². The molecule has 0 saturated carbocycles. The quantitative estimate of drug-likeness (QED) is 0.816. The number of aliphatic hydroxyl groups is 1. The number of hydrogen-bond acceptors (Lipinski definition) is 4. The second-order valence-corrected chi connectivity index (χ2v) is 5.98. The number of benzene rings is 1. The second kappa shape index (κ2) is 7.78. The molecule has 0 radical (unpaired) electrons. The SMILES string of the molecule is Cc1ccc(C)c(OCCCN2CC(C)OC(CO)C2)c1. The van der Waals surface area contributed by atoms with Gasteiger partial charge in [0.25, 0.3) is 0 Å². The summed E-state index contributed by atoms with van der Waals surface area (Å²) in [7, 11) is 0. The third-order valence-corrected chi connectivity index (χ3v) is 3.83. The predicted molar refractivity (Wildman–Crippen MR) is 83.9 cm³/mol. The Morgan fingerprint density at radius 2 is 2.14 bits per heavy atom. The zero-order chi connectivity index (χ0) is 15.2. The van der Waals surface area contributed by atoms with Crippen LogP contribution in [0.4, 0.5) is 0 Å². The lowest BCUT2D eigenvalue weighted by atomic mass is 10.1. The smallest absolute Gasteiger partial charge is 0.122 e. The first-order valence-electron chi connectivity index (χ1n) is 7.77. The highest BCUT2D eigenvalue weighted by Gasteiger charge is 2.24. The first kappa shape index (κ1) is 16.3. The van der Waals surface area contributed by atoms with Crippen molar-refractivity contribution in [1.82, 2.24) is 4.90 Å². The van der Waals surface area contributed by atoms with E-state index in [1.54, 1.807) is 0 Å². The van der Waals surface area contributed by atoms with Gasteiger partial charge in [0.2, 0.25) is 0 Å². The molecule has 2 unspecified atom stereocenters. The maximum absolute atomic E-state index is 9.23. The van der Waals surface area contributed by atoms with Crippen LogP contribution in [0.5, 0.6) is 5.75 Å². The zero-order valence-electron chi connectivity index (χ0n) is 13.3. The lowest BCUT2D eigenvalue weighted by Gasteiger charge is -2.36. The van der Waals surface area contributed by atoms with E-state index in [0.29, 0.717) is 0 Å². The highest BCUT2D eigenvalue weighted by Crippen LogP contribution is 2.19. The van der Waals surface area contributed by atoms with Gasteiger partial charge in [-0.05, 0) is 44.4 Å². The number of nitrogens with zero attached hydrogens (tertiary/aromatic N) is 1. The normalized spacial score (nSPS) is 23.2. The minimum atomic E-state index is -0.0475. The molecule has 1 heterocycles. The summed E-state index contributed by atoms with van der Waals surface area (Å²) in [6.45, 7) is 9.75. The summed E-state index contributed by atoms with van der Waals surface area (Å²) in [4.78, 5) is 2.35. The Balaban J connectivity index is 1.73.